The molecule has 1 fully saturated rings. The van der Waals surface area contributed by atoms with Crippen LogP contribution in [0.2, 0.25) is 5.02 Å². The molecule has 0 spiro atoms. The van der Waals surface area contributed by atoms with Crippen molar-refractivity contribution >= 4 is 29.2 Å². The largest absolute Gasteiger partial charge is 0.489 e. The van der Waals surface area contributed by atoms with E-state index in [0.29, 0.717) is 28.8 Å². The van der Waals surface area contributed by atoms with Crippen molar-refractivity contribution in [1.82, 2.24) is 15.3 Å². The normalized spacial score (nSPS) is 13.8. The van der Waals surface area contributed by atoms with Gasteiger partial charge < -0.3 is 19.7 Å². The third-order valence-electron chi connectivity index (χ3n) is 6.27. The van der Waals surface area contributed by atoms with Crippen LogP contribution in [0.4, 0.5) is 5.95 Å². The van der Waals surface area contributed by atoms with Gasteiger partial charge in [-0.05, 0) is 41.5 Å². The molecule has 0 saturated carbocycles. The summed E-state index contributed by atoms with van der Waals surface area (Å²) < 4.78 is 11.6. The number of anilines is 1. The number of nitrogens with zero attached hydrogens (tertiary/aromatic N) is 4. The van der Waals surface area contributed by atoms with Crippen LogP contribution in [0.15, 0.2) is 48.7 Å². The minimum Gasteiger partial charge on any atom is -0.489 e. The Morgan fingerprint density at radius 3 is 2.53 bits per heavy atom. The van der Waals surface area contributed by atoms with E-state index in [1.54, 1.807) is 6.20 Å². The molecule has 2 aromatic carbocycles. The SMILES string of the molecule is CC(C)(c1ccc(OCc2ccnc(N3CCNCC3)n2)cc1)c1cc(Cl)c(OCCCl)c(C#N)c1. The fraction of sp³-hybridized carbons (Fsp3) is 0.370. The molecule has 1 saturated heterocycles. The quantitative estimate of drug-likeness (QED) is 0.396. The Morgan fingerprint density at radius 2 is 1.83 bits per heavy atom. The number of alkyl halides is 1. The third-order valence-corrected chi connectivity index (χ3v) is 6.71. The summed E-state index contributed by atoms with van der Waals surface area (Å²) in [4.78, 5) is 11.3. The molecule has 1 aliphatic rings. The van der Waals surface area contributed by atoms with Gasteiger partial charge in [0.1, 0.15) is 25.0 Å². The molecule has 0 atom stereocenters. The van der Waals surface area contributed by atoms with Crippen molar-refractivity contribution in [2.75, 3.05) is 43.6 Å². The molecule has 4 rings (SSSR count). The third kappa shape index (κ3) is 6.01. The van der Waals surface area contributed by atoms with E-state index in [1.807, 2.05) is 42.5 Å². The second kappa shape index (κ2) is 11.8. The van der Waals surface area contributed by atoms with E-state index >= 15 is 0 Å². The molecule has 1 N–H and O–H groups in total. The minimum absolute atomic E-state index is 0.284. The Hall–Kier alpha value is -3.05. The molecule has 9 heteroatoms. The first-order valence-electron chi connectivity index (χ1n) is 11.9. The molecule has 7 nitrogen and oxygen atoms in total. The summed E-state index contributed by atoms with van der Waals surface area (Å²) in [5.41, 5.74) is 2.80. The Morgan fingerprint density at radius 1 is 1.08 bits per heavy atom. The van der Waals surface area contributed by atoms with E-state index in [-0.39, 0.29) is 6.61 Å². The predicted molar refractivity (Wildman–Crippen MR) is 142 cm³/mol. The number of piperazine rings is 1. The second-order valence-corrected chi connectivity index (χ2v) is 9.79. The zero-order valence-electron chi connectivity index (χ0n) is 20.4. The van der Waals surface area contributed by atoms with Crippen molar-refractivity contribution in [1.29, 1.82) is 5.26 Å². The fourth-order valence-corrected chi connectivity index (χ4v) is 4.45. The Labute approximate surface area is 222 Å². The number of hydrogen-bond donors (Lipinski definition) is 1. The van der Waals surface area contributed by atoms with Gasteiger partial charge in [-0.2, -0.15) is 5.26 Å². The van der Waals surface area contributed by atoms with Crippen LogP contribution in [0.5, 0.6) is 11.5 Å². The number of hydrogen-bond acceptors (Lipinski definition) is 7. The van der Waals surface area contributed by atoms with Crippen LogP contribution in [-0.2, 0) is 12.0 Å². The van der Waals surface area contributed by atoms with E-state index in [9.17, 15) is 5.26 Å². The monoisotopic (exact) mass is 525 g/mol. The number of benzene rings is 2. The molecule has 3 aromatic rings. The molecule has 0 radical (unpaired) electrons. The van der Waals surface area contributed by atoms with Crippen molar-refractivity contribution in [2.24, 2.45) is 0 Å². The van der Waals surface area contributed by atoms with Gasteiger partial charge in [-0.1, -0.05) is 37.6 Å². The molecule has 0 aliphatic carbocycles. The number of nitriles is 1. The van der Waals surface area contributed by atoms with Gasteiger partial charge >= 0.3 is 0 Å². The Balaban J connectivity index is 1.45. The second-order valence-electron chi connectivity index (χ2n) is 9.01. The van der Waals surface area contributed by atoms with E-state index in [1.165, 1.54) is 0 Å². The maximum atomic E-state index is 9.63. The predicted octanol–water partition coefficient (Wildman–Crippen LogP) is 4.93. The summed E-state index contributed by atoms with van der Waals surface area (Å²) in [5, 5.41) is 13.4. The Kier molecular flexibility index (Phi) is 8.52. The first kappa shape index (κ1) is 26.0. The van der Waals surface area contributed by atoms with Gasteiger partial charge in [0.15, 0.2) is 5.75 Å². The van der Waals surface area contributed by atoms with Crippen LogP contribution >= 0.6 is 23.2 Å². The lowest BCUT2D eigenvalue weighted by Gasteiger charge is -2.27. The summed E-state index contributed by atoms with van der Waals surface area (Å²) >= 11 is 12.2. The summed E-state index contributed by atoms with van der Waals surface area (Å²) in [5.74, 6) is 2.17. The number of halogens is 2. The molecule has 0 bridgehead atoms. The van der Waals surface area contributed by atoms with Gasteiger partial charge in [0.05, 0.1) is 22.2 Å². The fourth-order valence-electron chi connectivity index (χ4n) is 4.10. The van der Waals surface area contributed by atoms with Crippen LogP contribution in [-0.4, -0.2) is 48.6 Å². The molecule has 0 amide bonds. The first-order chi connectivity index (χ1) is 17.4. The van der Waals surface area contributed by atoms with Crippen LogP contribution < -0.4 is 19.7 Å². The van der Waals surface area contributed by atoms with Crippen LogP contribution in [0.3, 0.4) is 0 Å². The molecule has 1 aromatic heterocycles. The summed E-state index contributed by atoms with van der Waals surface area (Å²) in [6.45, 7) is 8.48. The van der Waals surface area contributed by atoms with Gasteiger partial charge in [0.2, 0.25) is 5.95 Å². The lowest BCUT2D eigenvalue weighted by Crippen LogP contribution is -2.44. The first-order valence-corrected chi connectivity index (χ1v) is 12.8. The van der Waals surface area contributed by atoms with Crippen LogP contribution in [0.25, 0.3) is 0 Å². The van der Waals surface area contributed by atoms with Gasteiger partial charge in [0, 0.05) is 37.8 Å². The van der Waals surface area contributed by atoms with Gasteiger partial charge in [0.25, 0.3) is 0 Å². The number of aromatic nitrogens is 2. The summed E-state index contributed by atoms with van der Waals surface area (Å²) in [6, 6.07) is 15.7. The molecule has 188 valence electrons. The molecular formula is C27H29Cl2N5O2. The summed E-state index contributed by atoms with van der Waals surface area (Å²) in [7, 11) is 0. The standard InChI is InChI=1S/C27H29Cl2N5O2/c1-27(2,21-15-19(17-30)25(24(29)16-21)35-14-8-28)20-3-5-23(6-4-20)36-18-22-7-9-32-26(33-22)34-12-10-31-11-13-34/h3-7,9,15-16,31H,8,10-14,18H2,1-2H3. The van der Waals surface area contributed by atoms with Gasteiger partial charge in [-0.15, -0.1) is 11.6 Å². The highest BCUT2D eigenvalue weighted by Crippen LogP contribution is 2.38. The highest BCUT2D eigenvalue weighted by atomic mass is 35.5. The highest BCUT2D eigenvalue weighted by Gasteiger charge is 2.26. The van der Waals surface area contributed by atoms with Crippen molar-refractivity contribution in [3.05, 3.63) is 76.1 Å². The zero-order valence-corrected chi connectivity index (χ0v) is 21.9. The molecule has 0 unspecified atom stereocenters. The minimum atomic E-state index is -0.399. The molecule has 1 aliphatic heterocycles. The average Bonchev–Trinajstić information content (AvgIpc) is 2.91. The van der Waals surface area contributed by atoms with Gasteiger partial charge in [-0.3, -0.25) is 0 Å². The highest BCUT2D eigenvalue weighted by molar-refractivity contribution is 6.32. The van der Waals surface area contributed by atoms with E-state index in [0.717, 1.165) is 54.7 Å². The van der Waals surface area contributed by atoms with Gasteiger partial charge in [-0.25, -0.2) is 9.97 Å². The maximum absolute atomic E-state index is 9.63. The lowest BCUT2D eigenvalue weighted by atomic mass is 9.77. The molecular weight excluding hydrogens is 497 g/mol. The maximum Gasteiger partial charge on any atom is 0.225 e. The van der Waals surface area contributed by atoms with E-state index in [2.05, 4.69) is 40.1 Å². The average molecular weight is 526 g/mol. The van der Waals surface area contributed by atoms with Crippen molar-refractivity contribution in [2.45, 2.75) is 25.9 Å². The van der Waals surface area contributed by atoms with Crippen LogP contribution in [0.1, 0.15) is 36.2 Å². The van der Waals surface area contributed by atoms with Crippen LogP contribution in [0, 0.1) is 11.3 Å². The van der Waals surface area contributed by atoms with Crippen molar-refractivity contribution in [3.63, 3.8) is 0 Å². The lowest BCUT2D eigenvalue weighted by molar-refractivity contribution is 0.301. The van der Waals surface area contributed by atoms with Crippen molar-refractivity contribution in [3.8, 4) is 17.6 Å². The van der Waals surface area contributed by atoms with E-state index in [4.69, 9.17) is 32.7 Å². The zero-order chi connectivity index (χ0) is 25.5. The number of ether oxygens (including phenoxy) is 2. The smallest absolute Gasteiger partial charge is 0.225 e. The Bertz CT molecular complexity index is 1220. The van der Waals surface area contributed by atoms with E-state index < -0.39 is 5.41 Å². The molecule has 2 heterocycles. The molecule has 36 heavy (non-hydrogen) atoms. The number of nitrogens with one attached hydrogen (secondary N) is 1. The topological polar surface area (TPSA) is 83.3 Å². The summed E-state index contributed by atoms with van der Waals surface area (Å²) in [6.07, 6.45) is 1.78. The van der Waals surface area contributed by atoms with Crippen molar-refractivity contribution < 1.29 is 9.47 Å². The number of rotatable bonds is 9.